The van der Waals surface area contributed by atoms with Crippen LogP contribution in [0.4, 0.5) is 0 Å². The van der Waals surface area contributed by atoms with E-state index < -0.39 is 5.97 Å². The number of hydrogen-bond acceptors (Lipinski definition) is 3. The highest BCUT2D eigenvalue weighted by Crippen LogP contribution is 2.32. The van der Waals surface area contributed by atoms with Gasteiger partial charge in [0.15, 0.2) is 0 Å². The maximum Gasteiger partial charge on any atom is 0.317 e. The number of carbonyl (C=O) groups excluding carboxylic acids is 1. The van der Waals surface area contributed by atoms with Gasteiger partial charge in [0.2, 0.25) is 5.91 Å². The lowest BCUT2D eigenvalue weighted by atomic mass is 9.79. The van der Waals surface area contributed by atoms with Crippen molar-refractivity contribution in [2.45, 2.75) is 71.3 Å². The number of aliphatic carboxylic acids is 1. The number of carbonyl (C=O) groups is 2. The van der Waals surface area contributed by atoms with Gasteiger partial charge in [0.1, 0.15) is 0 Å². The average molecular weight is 338 g/mol. The van der Waals surface area contributed by atoms with Gasteiger partial charge in [-0.05, 0) is 31.2 Å². The monoisotopic (exact) mass is 338 g/mol. The molecule has 1 aliphatic heterocycles. The molecule has 0 aromatic heterocycles. The molecule has 1 atom stereocenters. The van der Waals surface area contributed by atoms with Crippen LogP contribution in [0.5, 0.6) is 0 Å². The highest BCUT2D eigenvalue weighted by atomic mass is 16.4. The SMILES string of the molecule is CCN(CC(=O)O)C1CCN(C(=O)CC(C)C2CCCCC2)CC1. The van der Waals surface area contributed by atoms with E-state index in [1.165, 1.54) is 32.1 Å². The van der Waals surface area contributed by atoms with E-state index in [-0.39, 0.29) is 6.54 Å². The first-order valence-electron chi connectivity index (χ1n) is 9.74. The van der Waals surface area contributed by atoms with Crippen molar-refractivity contribution in [3.63, 3.8) is 0 Å². The van der Waals surface area contributed by atoms with Crippen molar-refractivity contribution in [2.24, 2.45) is 11.8 Å². The zero-order valence-corrected chi connectivity index (χ0v) is 15.4. The molecule has 1 unspecified atom stereocenters. The lowest BCUT2D eigenvalue weighted by Crippen LogP contribution is -2.48. The Labute approximate surface area is 146 Å². The van der Waals surface area contributed by atoms with E-state index in [1.807, 2.05) is 16.7 Å². The predicted molar refractivity (Wildman–Crippen MR) is 94.8 cm³/mol. The third-order valence-electron chi connectivity index (χ3n) is 6.03. The van der Waals surface area contributed by atoms with Crippen LogP contribution < -0.4 is 0 Å². The van der Waals surface area contributed by atoms with Gasteiger partial charge in [0, 0.05) is 25.6 Å². The number of hydrogen-bond donors (Lipinski definition) is 1. The normalized spacial score (nSPS) is 21.9. The van der Waals surface area contributed by atoms with Gasteiger partial charge >= 0.3 is 5.97 Å². The molecule has 0 aromatic carbocycles. The molecule has 5 nitrogen and oxygen atoms in total. The second kappa shape index (κ2) is 9.40. The summed E-state index contributed by atoms with van der Waals surface area (Å²) in [6, 6.07) is 0.297. The van der Waals surface area contributed by atoms with Crippen molar-refractivity contribution in [1.82, 2.24) is 9.80 Å². The van der Waals surface area contributed by atoms with Crippen molar-refractivity contribution in [3.8, 4) is 0 Å². The van der Waals surface area contributed by atoms with E-state index in [0.29, 0.717) is 24.3 Å². The summed E-state index contributed by atoms with van der Waals surface area (Å²) in [7, 11) is 0. The van der Waals surface area contributed by atoms with Crippen LogP contribution in [0, 0.1) is 11.8 Å². The van der Waals surface area contributed by atoms with E-state index in [2.05, 4.69) is 6.92 Å². The molecule has 5 heteroatoms. The number of likely N-dealkylation sites (N-methyl/N-ethyl adjacent to an activating group) is 1. The first-order valence-corrected chi connectivity index (χ1v) is 9.74. The van der Waals surface area contributed by atoms with Crippen molar-refractivity contribution >= 4 is 11.9 Å². The third-order valence-corrected chi connectivity index (χ3v) is 6.03. The van der Waals surface area contributed by atoms with E-state index in [0.717, 1.165) is 38.4 Å². The lowest BCUT2D eigenvalue weighted by molar-refractivity contribution is -0.140. The summed E-state index contributed by atoms with van der Waals surface area (Å²) in [4.78, 5) is 27.6. The number of carboxylic acid groups (broad SMARTS) is 1. The highest BCUT2D eigenvalue weighted by Gasteiger charge is 2.29. The summed E-state index contributed by atoms with van der Waals surface area (Å²) in [6.45, 7) is 6.66. The van der Waals surface area contributed by atoms with Gasteiger partial charge in [-0.25, -0.2) is 0 Å². The molecule has 24 heavy (non-hydrogen) atoms. The number of likely N-dealkylation sites (tertiary alicyclic amines) is 1. The Morgan fingerprint density at radius 1 is 1.12 bits per heavy atom. The Bertz CT molecular complexity index is 413. The molecule has 1 amide bonds. The van der Waals surface area contributed by atoms with Crippen LogP contribution in [0.1, 0.15) is 65.2 Å². The van der Waals surface area contributed by atoms with Crippen molar-refractivity contribution in [3.05, 3.63) is 0 Å². The second-order valence-electron chi connectivity index (χ2n) is 7.65. The summed E-state index contributed by atoms with van der Waals surface area (Å²) in [5.41, 5.74) is 0. The van der Waals surface area contributed by atoms with Gasteiger partial charge in [-0.2, -0.15) is 0 Å². The van der Waals surface area contributed by atoms with E-state index in [9.17, 15) is 9.59 Å². The van der Waals surface area contributed by atoms with Crippen LogP contribution in [-0.2, 0) is 9.59 Å². The Hall–Kier alpha value is -1.10. The third kappa shape index (κ3) is 5.47. The minimum atomic E-state index is -0.767. The number of amides is 1. The minimum absolute atomic E-state index is 0.105. The van der Waals surface area contributed by atoms with Crippen LogP contribution >= 0.6 is 0 Å². The van der Waals surface area contributed by atoms with Gasteiger partial charge in [0.25, 0.3) is 0 Å². The van der Waals surface area contributed by atoms with Crippen LogP contribution in [0.3, 0.4) is 0 Å². The fourth-order valence-corrected chi connectivity index (χ4v) is 4.43. The van der Waals surface area contributed by atoms with Gasteiger partial charge in [-0.15, -0.1) is 0 Å². The molecule has 1 N–H and O–H groups in total. The van der Waals surface area contributed by atoms with Crippen LogP contribution in [0.15, 0.2) is 0 Å². The zero-order valence-electron chi connectivity index (χ0n) is 15.4. The van der Waals surface area contributed by atoms with Crippen LogP contribution in [-0.4, -0.2) is 59.0 Å². The number of rotatable bonds is 7. The molecule has 2 rings (SSSR count). The maximum absolute atomic E-state index is 12.6. The molecule has 2 fully saturated rings. The van der Waals surface area contributed by atoms with E-state index in [1.54, 1.807) is 0 Å². The standard InChI is InChI=1S/C19H34N2O3/c1-3-20(14-19(23)24)17-9-11-21(12-10-17)18(22)13-15(2)16-7-5-4-6-8-16/h15-17H,3-14H2,1-2H3,(H,23,24). The first-order chi connectivity index (χ1) is 11.5. The molecule has 0 aromatic rings. The van der Waals surface area contributed by atoms with Crippen LogP contribution in [0.25, 0.3) is 0 Å². The quantitative estimate of drug-likeness (QED) is 0.775. The largest absolute Gasteiger partial charge is 0.480 e. The molecule has 0 radical (unpaired) electrons. The summed E-state index contributed by atoms with van der Waals surface area (Å²) >= 11 is 0. The fourth-order valence-electron chi connectivity index (χ4n) is 4.43. The Morgan fingerprint density at radius 3 is 2.29 bits per heavy atom. The number of nitrogens with zero attached hydrogens (tertiary/aromatic N) is 2. The Morgan fingerprint density at radius 2 is 1.75 bits per heavy atom. The predicted octanol–water partition coefficient (Wildman–Crippen LogP) is 2.99. The topological polar surface area (TPSA) is 60.9 Å². The molecular formula is C19H34N2O3. The molecule has 138 valence electrons. The van der Waals surface area contributed by atoms with Gasteiger partial charge < -0.3 is 10.0 Å². The molecular weight excluding hydrogens is 304 g/mol. The Balaban J connectivity index is 1.76. The van der Waals surface area contributed by atoms with Gasteiger partial charge in [-0.3, -0.25) is 14.5 Å². The molecule has 1 saturated carbocycles. The zero-order chi connectivity index (χ0) is 17.5. The molecule has 1 aliphatic carbocycles. The maximum atomic E-state index is 12.6. The smallest absolute Gasteiger partial charge is 0.317 e. The summed E-state index contributed by atoms with van der Waals surface area (Å²) in [6.07, 6.45) is 9.05. The first kappa shape index (κ1) is 19.2. The number of piperidine rings is 1. The Kier molecular flexibility index (Phi) is 7.53. The van der Waals surface area contributed by atoms with Gasteiger partial charge in [0.05, 0.1) is 6.54 Å². The average Bonchev–Trinajstić information content (AvgIpc) is 2.60. The molecule has 0 bridgehead atoms. The summed E-state index contributed by atoms with van der Waals surface area (Å²) < 4.78 is 0. The minimum Gasteiger partial charge on any atom is -0.480 e. The lowest BCUT2D eigenvalue weighted by Gasteiger charge is -2.38. The van der Waals surface area contributed by atoms with Crippen molar-refractivity contribution in [2.75, 3.05) is 26.2 Å². The molecule has 2 aliphatic rings. The van der Waals surface area contributed by atoms with E-state index in [4.69, 9.17) is 5.11 Å². The van der Waals surface area contributed by atoms with Gasteiger partial charge in [-0.1, -0.05) is 46.0 Å². The summed E-state index contributed by atoms with van der Waals surface area (Å²) in [5, 5.41) is 9.00. The molecule has 1 heterocycles. The molecule has 0 spiro atoms. The van der Waals surface area contributed by atoms with Crippen molar-refractivity contribution < 1.29 is 14.7 Å². The molecule has 1 saturated heterocycles. The van der Waals surface area contributed by atoms with Crippen molar-refractivity contribution in [1.29, 1.82) is 0 Å². The fraction of sp³-hybridized carbons (Fsp3) is 0.895. The number of carboxylic acids is 1. The van der Waals surface area contributed by atoms with Crippen LogP contribution in [0.2, 0.25) is 0 Å². The highest BCUT2D eigenvalue weighted by molar-refractivity contribution is 5.76. The second-order valence-corrected chi connectivity index (χ2v) is 7.65. The summed E-state index contributed by atoms with van der Waals surface area (Å²) in [5.74, 6) is 0.755. The van der Waals surface area contributed by atoms with E-state index >= 15 is 0 Å².